The van der Waals surface area contributed by atoms with Crippen LogP contribution in [0.25, 0.3) is 0 Å². The van der Waals surface area contributed by atoms with Gasteiger partial charge in [0, 0.05) is 26.2 Å². The lowest BCUT2D eigenvalue weighted by atomic mass is 10.3. The number of hydrogen-bond acceptors (Lipinski definition) is 6. The van der Waals surface area contributed by atoms with E-state index in [1.54, 1.807) is 6.07 Å². The quantitative estimate of drug-likeness (QED) is 0.564. The highest BCUT2D eigenvalue weighted by Crippen LogP contribution is 2.24. The van der Waals surface area contributed by atoms with Crippen LogP contribution in [0.4, 0.5) is 15.8 Å². The van der Waals surface area contributed by atoms with Gasteiger partial charge in [0.25, 0.3) is 5.91 Å². The van der Waals surface area contributed by atoms with Crippen LogP contribution in [-0.2, 0) is 14.8 Å². The third-order valence-corrected chi connectivity index (χ3v) is 5.28. The van der Waals surface area contributed by atoms with Crippen molar-refractivity contribution in [3.05, 3.63) is 58.4 Å². The fourth-order valence-electron chi connectivity index (χ4n) is 2.05. The van der Waals surface area contributed by atoms with E-state index in [-0.39, 0.29) is 16.3 Å². The van der Waals surface area contributed by atoms with E-state index >= 15 is 0 Å². The van der Waals surface area contributed by atoms with Gasteiger partial charge in [-0.2, -0.15) is 4.39 Å². The molecular formula is C16H16FN3O6S. The minimum atomic E-state index is -3.77. The van der Waals surface area contributed by atoms with Crippen molar-refractivity contribution in [2.45, 2.75) is 4.90 Å². The Kier molecular flexibility index (Phi) is 6.08. The number of nitro groups is 1. The Morgan fingerprint density at radius 1 is 1.26 bits per heavy atom. The molecule has 0 spiro atoms. The molecule has 0 saturated heterocycles. The zero-order chi connectivity index (χ0) is 20.2. The molecule has 0 heterocycles. The van der Waals surface area contributed by atoms with Crippen LogP contribution in [0.3, 0.4) is 0 Å². The lowest BCUT2D eigenvalue weighted by Crippen LogP contribution is -2.25. The maximum absolute atomic E-state index is 13.5. The first-order valence-electron chi connectivity index (χ1n) is 7.51. The van der Waals surface area contributed by atoms with Gasteiger partial charge in [0.05, 0.1) is 10.6 Å². The summed E-state index contributed by atoms with van der Waals surface area (Å²) < 4.78 is 44.2. The van der Waals surface area contributed by atoms with E-state index in [9.17, 15) is 27.7 Å². The fourth-order valence-corrected chi connectivity index (χ4v) is 3.09. The molecule has 9 nitrogen and oxygen atoms in total. The van der Waals surface area contributed by atoms with Crippen LogP contribution in [0, 0.1) is 15.9 Å². The molecule has 0 aliphatic heterocycles. The van der Waals surface area contributed by atoms with Gasteiger partial charge >= 0.3 is 5.69 Å². The number of nitro benzene ring substituents is 1. The van der Waals surface area contributed by atoms with Gasteiger partial charge in [0.2, 0.25) is 15.8 Å². The zero-order valence-corrected chi connectivity index (χ0v) is 15.2. The van der Waals surface area contributed by atoms with E-state index in [0.29, 0.717) is 0 Å². The van der Waals surface area contributed by atoms with E-state index < -0.39 is 39.0 Å². The van der Waals surface area contributed by atoms with Crippen LogP contribution >= 0.6 is 0 Å². The van der Waals surface area contributed by atoms with Crippen LogP contribution in [-0.4, -0.2) is 44.3 Å². The number of ether oxygens (including phenoxy) is 1. The third kappa shape index (κ3) is 4.77. The molecule has 0 bridgehead atoms. The monoisotopic (exact) mass is 397 g/mol. The summed E-state index contributed by atoms with van der Waals surface area (Å²) >= 11 is 0. The number of nitrogens with zero attached hydrogens (tertiary/aromatic N) is 2. The fraction of sp³-hybridized carbons (Fsp3) is 0.188. The van der Waals surface area contributed by atoms with E-state index in [1.165, 1.54) is 32.3 Å². The first-order chi connectivity index (χ1) is 12.6. The Bertz CT molecular complexity index is 978. The minimum absolute atomic E-state index is 0.0645. The third-order valence-electron chi connectivity index (χ3n) is 3.41. The maximum Gasteiger partial charge on any atom is 0.305 e. The predicted octanol–water partition coefficient (Wildman–Crippen LogP) is 2.00. The molecule has 0 aliphatic rings. The smallest absolute Gasteiger partial charge is 0.305 e. The number of anilines is 1. The Morgan fingerprint density at radius 3 is 2.52 bits per heavy atom. The van der Waals surface area contributed by atoms with Crippen molar-refractivity contribution in [1.82, 2.24) is 4.31 Å². The van der Waals surface area contributed by atoms with Gasteiger partial charge in [0.1, 0.15) is 10.6 Å². The Hall–Kier alpha value is -3.05. The minimum Gasteiger partial charge on any atom is -0.484 e. The number of rotatable bonds is 7. The van der Waals surface area contributed by atoms with Crippen molar-refractivity contribution >= 4 is 27.3 Å². The van der Waals surface area contributed by atoms with Gasteiger partial charge in [-0.15, -0.1) is 0 Å². The number of sulfonamides is 1. The topological polar surface area (TPSA) is 119 Å². The van der Waals surface area contributed by atoms with Gasteiger partial charge < -0.3 is 10.1 Å². The molecule has 27 heavy (non-hydrogen) atoms. The van der Waals surface area contributed by atoms with Crippen LogP contribution in [0.15, 0.2) is 47.4 Å². The van der Waals surface area contributed by atoms with Crippen molar-refractivity contribution < 1.29 is 27.3 Å². The first kappa shape index (κ1) is 20.3. The number of carbonyl (C=O) groups is 1. The molecule has 11 heteroatoms. The lowest BCUT2D eigenvalue weighted by molar-refractivity contribution is -0.387. The van der Waals surface area contributed by atoms with Crippen LogP contribution in [0.1, 0.15) is 0 Å². The van der Waals surface area contributed by atoms with Crippen LogP contribution < -0.4 is 10.1 Å². The molecule has 0 atom stereocenters. The summed E-state index contributed by atoms with van der Waals surface area (Å²) in [6, 6.07) is 8.69. The van der Waals surface area contributed by atoms with E-state index in [2.05, 4.69) is 5.32 Å². The summed E-state index contributed by atoms with van der Waals surface area (Å²) in [5, 5.41) is 13.0. The maximum atomic E-state index is 13.5. The number of carbonyl (C=O) groups excluding carboxylic acids is 1. The lowest BCUT2D eigenvalue weighted by Gasteiger charge is -2.15. The van der Waals surface area contributed by atoms with Gasteiger partial charge in [-0.3, -0.25) is 14.9 Å². The van der Waals surface area contributed by atoms with E-state index in [0.717, 1.165) is 22.5 Å². The standard InChI is InChI=1S/C16H16FN3O6S/c1-19(2)27(24,25)15-6-4-3-5-13(15)18-16(21)10-26-11-7-8-14(20(22)23)12(17)9-11/h3-9H,10H2,1-2H3,(H,18,21). The average molecular weight is 397 g/mol. The van der Waals surface area contributed by atoms with Crippen molar-refractivity contribution in [2.24, 2.45) is 0 Å². The molecule has 144 valence electrons. The molecule has 0 radical (unpaired) electrons. The Morgan fingerprint density at radius 2 is 1.93 bits per heavy atom. The molecule has 2 aromatic rings. The molecule has 0 fully saturated rings. The predicted molar refractivity (Wildman–Crippen MR) is 94.5 cm³/mol. The second kappa shape index (κ2) is 8.10. The largest absolute Gasteiger partial charge is 0.484 e. The Labute approximate surface area is 154 Å². The highest BCUT2D eigenvalue weighted by Gasteiger charge is 2.22. The van der Waals surface area contributed by atoms with E-state index in [1.807, 2.05) is 0 Å². The number of benzene rings is 2. The molecular weight excluding hydrogens is 381 g/mol. The second-order valence-electron chi connectivity index (χ2n) is 5.49. The molecule has 2 aromatic carbocycles. The van der Waals surface area contributed by atoms with Gasteiger partial charge in [-0.25, -0.2) is 12.7 Å². The van der Waals surface area contributed by atoms with Gasteiger partial charge in [0.15, 0.2) is 6.61 Å². The zero-order valence-electron chi connectivity index (χ0n) is 14.4. The highest BCUT2D eigenvalue weighted by molar-refractivity contribution is 7.89. The molecule has 0 saturated carbocycles. The molecule has 0 aromatic heterocycles. The number of nitrogens with one attached hydrogen (secondary N) is 1. The summed E-state index contributed by atoms with van der Waals surface area (Å²) in [7, 11) is -1.05. The highest BCUT2D eigenvalue weighted by atomic mass is 32.2. The molecule has 0 unspecified atom stereocenters. The van der Waals surface area contributed by atoms with Gasteiger partial charge in [-0.1, -0.05) is 12.1 Å². The van der Waals surface area contributed by atoms with Crippen LogP contribution in [0.2, 0.25) is 0 Å². The number of halogens is 1. The summed E-state index contributed by atoms with van der Waals surface area (Å²) in [6.07, 6.45) is 0. The number of para-hydroxylation sites is 1. The summed E-state index contributed by atoms with van der Waals surface area (Å²) in [5.74, 6) is -1.86. The number of amides is 1. The van der Waals surface area contributed by atoms with Crippen molar-refractivity contribution in [2.75, 3.05) is 26.0 Å². The van der Waals surface area contributed by atoms with E-state index in [4.69, 9.17) is 4.74 Å². The summed E-state index contributed by atoms with van der Waals surface area (Å²) in [4.78, 5) is 21.6. The number of hydrogen-bond donors (Lipinski definition) is 1. The average Bonchev–Trinajstić information content (AvgIpc) is 2.60. The normalized spacial score (nSPS) is 11.3. The van der Waals surface area contributed by atoms with Crippen molar-refractivity contribution in [3.8, 4) is 5.75 Å². The molecule has 1 N–H and O–H groups in total. The van der Waals surface area contributed by atoms with Crippen LogP contribution in [0.5, 0.6) is 5.75 Å². The van der Waals surface area contributed by atoms with Crippen molar-refractivity contribution in [3.63, 3.8) is 0 Å². The molecule has 2 rings (SSSR count). The second-order valence-corrected chi connectivity index (χ2v) is 7.61. The summed E-state index contributed by atoms with van der Waals surface area (Å²) in [6.45, 7) is -0.548. The molecule has 0 aliphatic carbocycles. The SMILES string of the molecule is CN(C)S(=O)(=O)c1ccccc1NC(=O)COc1ccc([N+](=O)[O-])c(F)c1. The molecule has 1 amide bonds. The summed E-state index contributed by atoms with van der Waals surface area (Å²) in [5.41, 5.74) is -0.649. The van der Waals surface area contributed by atoms with Crippen molar-refractivity contribution in [1.29, 1.82) is 0 Å². The van der Waals surface area contributed by atoms with Gasteiger partial charge in [-0.05, 0) is 18.2 Å². The first-order valence-corrected chi connectivity index (χ1v) is 8.95. The Balaban J connectivity index is 2.09.